The lowest BCUT2D eigenvalue weighted by molar-refractivity contribution is 0.103. The van der Waals surface area contributed by atoms with Crippen LogP contribution in [0.4, 0.5) is 0 Å². The van der Waals surface area contributed by atoms with Gasteiger partial charge in [-0.05, 0) is 62.1 Å². The van der Waals surface area contributed by atoms with Crippen molar-refractivity contribution in [3.05, 3.63) is 118 Å². The zero-order chi connectivity index (χ0) is 21.3. The highest BCUT2D eigenvalue weighted by Crippen LogP contribution is 2.26. The van der Waals surface area contributed by atoms with Crippen LogP contribution in [-0.2, 0) is 0 Å². The predicted octanol–water partition coefficient (Wildman–Crippen LogP) is 7.49. The fourth-order valence-electron chi connectivity index (χ4n) is 4.13. The van der Waals surface area contributed by atoms with Gasteiger partial charge in [-0.25, -0.2) is 0 Å². The number of aryl methyl sites for hydroxylation is 4. The molecular formula is C29H26O. The van der Waals surface area contributed by atoms with Crippen LogP contribution < -0.4 is 0 Å². The molecule has 0 aliphatic heterocycles. The summed E-state index contributed by atoms with van der Waals surface area (Å²) < 4.78 is 0. The van der Waals surface area contributed by atoms with E-state index in [0.717, 1.165) is 22.3 Å². The molecule has 1 heteroatoms. The molecule has 0 heterocycles. The molecule has 0 radical (unpaired) electrons. The number of benzene rings is 4. The summed E-state index contributed by atoms with van der Waals surface area (Å²) in [5, 5.41) is 0. The summed E-state index contributed by atoms with van der Waals surface area (Å²) in [4.78, 5) is 13.3. The van der Waals surface area contributed by atoms with E-state index in [-0.39, 0.29) is 5.78 Å². The molecule has 0 aliphatic rings. The maximum absolute atomic E-state index is 13.3. The molecule has 0 aliphatic carbocycles. The lowest BCUT2D eigenvalue weighted by Gasteiger charge is -2.09. The normalized spacial score (nSPS) is 10.8. The first-order valence-corrected chi connectivity index (χ1v) is 10.3. The van der Waals surface area contributed by atoms with Gasteiger partial charge in [-0.15, -0.1) is 0 Å². The molecule has 4 aromatic rings. The van der Waals surface area contributed by atoms with Crippen molar-refractivity contribution in [1.82, 2.24) is 0 Å². The Bertz CT molecular complexity index is 1110. The van der Waals surface area contributed by atoms with Crippen LogP contribution in [0.1, 0.15) is 38.2 Å². The average Bonchev–Trinajstić information content (AvgIpc) is 2.72. The Balaban J connectivity index is 1.70. The summed E-state index contributed by atoms with van der Waals surface area (Å²) in [6.45, 7) is 8.40. The van der Waals surface area contributed by atoms with Crippen molar-refractivity contribution in [2.45, 2.75) is 27.7 Å². The molecule has 0 fully saturated rings. The van der Waals surface area contributed by atoms with Crippen molar-refractivity contribution in [3.8, 4) is 22.3 Å². The van der Waals surface area contributed by atoms with Crippen molar-refractivity contribution in [2.75, 3.05) is 0 Å². The van der Waals surface area contributed by atoms with Gasteiger partial charge in [0.1, 0.15) is 0 Å². The molecule has 4 rings (SSSR count). The summed E-state index contributed by atoms with van der Waals surface area (Å²) in [5.41, 5.74) is 10.7. The van der Waals surface area contributed by atoms with Crippen LogP contribution in [-0.4, -0.2) is 5.78 Å². The molecule has 0 aromatic heterocycles. The Morgan fingerprint density at radius 1 is 0.467 bits per heavy atom. The van der Waals surface area contributed by atoms with E-state index in [0.29, 0.717) is 11.1 Å². The fraction of sp³-hybridized carbons (Fsp3) is 0.138. The monoisotopic (exact) mass is 390 g/mol. The SMILES string of the molecule is Cc1cc(C)cc(-c2cccc(C(=O)c3cccc(-c4cc(C)cc(C)c4)c3)c2)c1. The van der Waals surface area contributed by atoms with Crippen molar-refractivity contribution < 1.29 is 4.79 Å². The second-order valence-corrected chi connectivity index (χ2v) is 8.24. The second kappa shape index (κ2) is 8.12. The largest absolute Gasteiger partial charge is 0.289 e. The van der Waals surface area contributed by atoms with E-state index >= 15 is 0 Å². The van der Waals surface area contributed by atoms with E-state index in [1.807, 2.05) is 36.4 Å². The molecule has 4 aromatic carbocycles. The van der Waals surface area contributed by atoms with Crippen LogP contribution in [0.2, 0.25) is 0 Å². The fourth-order valence-corrected chi connectivity index (χ4v) is 4.13. The predicted molar refractivity (Wildman–Crippen MR) is 126 cm³/mol. The highest BCUT2D eigenvalue weighted by molar-refractivity contribution is 6.10. The van der Waals surface area contributed by atoms with E-state index in [1.54, 1.807) is 0 Å². The summed E-state index contributed by atoms with van der Waals surface area (Å²) in [6, 6.07) is 28.9. The number of rotatable bonds is 4. The van der Waals surface area contributed by atoms with Gasteiger partial charge in [0.05, 0.1) is 0 Å². The molecule has 1 nitrogen and oxygen atoms in total. The van der Waals surface area contributed by atoms with Crippen LogP contribution in [0.5, 0.6) is 0 Å². The van der Waals surface area contributed by atoms with Gasteiger partial charge in [0, 0.05) is 11.1 Å². The summed E-state index contributed by atoms with van der Waals surface area (Å²) in [5.74, 6) is 0.0486. The maximum atomic E-state index is 13.3. The molecule has 0 atom stereocenters. The zero-order valence-corrected chi connectivity index (χ0v) is 18.0. The molecule has 0 saturated heterocycles. The molecule has 0 spiro atoms. The third-order valence-electron chi connectivity index (χ3n) is 5.36. The van der Waals surface area contributed by atoms with E-state index < -0.39 is 0 Å². The van der Waals surface area contributed by atoms with Gasteiger partial charge in [0.25, 0.3) is 0 Å². The molecule has 0 saturated carbocycles. The standard InChI is InChI=1S/C29H26O/c1-19-11-20(2)14-27(13-19)23-7-5-9-25(17-23)29(30)26-10-6-8-24(18-26)28-15-21(3)12-22(4)16-28/h5-18H,1-4H3. The number of ketones is 1. The van der Waals surface area contributed by atoms with Crippen molar-refractivity contribution in [2.24, 2.45) is 0 Å². The maximum Gasteiger partial charge on any atom is 0.193 e. The molecule has 0 bridgehead atoms. The molecule has 0 unspecified atom stereocenters. The van der Waals surface area contributed by atoms with Crippen LogP contribution >= 0.6 is 0 Å². The van der Waals surface area contributed by atoms with Crippen LogP contribution in [0.3, 0.4) is 0 Å². The third kappa shape index (κ3) is 4.26. The van der Waals surface area contributed by atoms with Crippen molar-refractivity contribution in [1.29, 1.82) is 0 Å². The van der Waals surface area contributed by atoms with Crippen LogP contribution in [0, 0.1) is 27.7 Å². The summed E-state index contributed by atoms with van der Waals surface area (Å²) in [7, 11) is 0. The van der Waals surface area contributed by atoms with Crippen LogP contribution in [0.15, 0.2) is 84.9 Å². The topological polar surface area (TPSA) is 17.1 Å². The highest BCUT2D eigenvalue weighted by Gasteiger charge is 2.12. The van der Waals surface area contributed by atoms with Gasteiger partial charge in [0.2, 0.25) is 0 Å². The third-order valence-corrected chi connectivity index (χ3v) is 5.36. The first-order chi connectivity index (χ1) is 14.4. The van der Waals surface area contributed by atoms with Gasteiger partial charge in [-0.3, -0.25) is 4.79 Å². The Kier molecular flexibility index (Phi) is 5.37. The molecule has 0 N–H and O–H groups in total. The van der Waals surface area contributed by atoms with E-state index in [1.165, 1.54) is 22.3 Å². The Hall–Kier alpha value is -3.45. The van der Waals surface area contributed by atoms with E-state index in [2.05, 4.69) is 76.2 Å². The van der Waals surface area contributed by atoms with Gasteiger partial charge in [0.15, 0.2) is 5.78 Å². The lowest BCUT2D eigenvalue weighted by Crippen LogP contribution is -2.01. The Labute approximate surface area is 179 Å². The van der Waals surface area contributed by atoms with Crippen molar-refractivity contribution >= 4 is 5.78 Å². The molecule has 148 valence electrons. The van der Waals surface area contributed by atoms with E-state index in [4.69, 9.17) is 0 Å². The first kappa shape index (κ1) is 19.8. The zero-order valence-electron chi connectivity index (χ0n) is 18.0. The molecule has 0 amide bonds. The minimum atomic E-state index is 0.0486. The Morgan fingerprint density at radius 3 is 1.20 bits per heavy atom. The van der Waals surface area contributed by atoms with E-state index in [9.17, 15) is 4.79 Å². The minimum absolute atomic E-state index is 0.0486. The second-order valence-electron chi connectivity index (χ2n) is 8.24. The average molecular weight is 391 g/mol. The lowest BCUT2D eigenvalue weighted by atomic mass is 9.94. The van der Waals surface area contributed by atoms with Crippen LogP contribution in [0.25, 0.3) is 22.3 Å². The quantitative estimate of drug-likeness (QED) is 0.330. The molecular weight excluding hydrogens is 364 g/mol. The number of hydrogen-bond acceptors (Lipinski definition) is 1. The van der Waals surface area contributed by atoms with Gasteiger partial charge >= 0.3 is 0 Å². The summed E-state index contributed by atoms with van der Waals surface area (Å²) in [6.07, 6.45) is 0. The van der Waals surface area contributed by atoms with Crippen molar-refractivity contribution in [3.63, 3.8) is 0 Å². The smallest absolute Gasteiger partial charge is 0.193 e. The first-order valence-electron chi connectivity index (χ1n) is 10.3. The highest BCUT2D eigenvalue weighted by atomic mass is 16.1. The Morgan fingerprint density at radius 2 is 0.833 bits per heavy atom. The number of carbonyl (C=O) groups is 1. The number of carbonyl (C=O) groups excluding carboxylic acids is 1. The number of hydrogen-bond donors (Lipinski definition) is 0. The van der Waals surface area contributed by atoms with Gasteiger partial charge in [-0.2, -0.15) is 0 Å². The summed E-state index contributed by atoms with van der Waals surface area (Å²) >= 11 is 0. The molecule has 30 heavy (non-hydrogen) atoms. The van der Waals surface area contributed by atoms with Gasteiger partial charge in [-0.1, -0.05) is 95.1 Å². The minimum Gasteiger partial charge on any atom is -0.289 e. The van der Waals surface area contributed by atoms with Gasteiger partial charge < -0.3 is 0 Å².